The van der Waals surface area contributed by atoms with E-state index in [1.165, 1.54) is 12.1 Å². The summed E-state index contributed by atoms with van der Waals surface area (Å²) in [6.07, 6.45) is 2.54. The minimum Gasteiger partial charge on any atom is -0.329 e. The molecule has 1 aromatic rings. The second kappa shape index (κ2) is 4.39. The number of benzene rings is 1. The summed E-state index contributed by atoms with van der Waals surface area (Å²) in [7, 11) is 0. The van der Waals surface area contributed by atoms with Crippen molar-refractivity contribution in [2.45, 2.75) is 26.2 Å². The lowest BCUT2D eigenvalue weighted by Gasteiger charge is -2.39. The van der Waals surface area contributed by atoms with Crippen molar-refractivity contribution >= 4 is 17.4 Å². The first-order valence-electron chi connectivity index (χ1n) is 5.71. The lowest BCUT2D eigenvalue weighted by atomic mass is 9.64. The van der Waals surface area contributed by atoms with E-state index in [-0.39, 0.29) is 11.3 Å². The van der Waals surface area contributed by atoms with E-state index in [1.807, 2.05) is 0 Å². The monoisotopic (exact) mass is 255 g/mol. The summed E-state index contributed by atoms with van der Waals surface area (Å²) in [5.74, 6) is -0.514. The fraction of sp³-hybridized carbons (Fsp3) is 0.462. The van der Waals surface area contributed by atoms with Crippen molar-refractivity contribution in [1.29, 1.82) is 0 Å². The van der Waals surface area contributed by atoms with Gasteiger partial charge in [-0.05, 0) is 37.5 Å². The summed E-state index contributed by atoms with van der Waals surface area (Å²) in [6.45, 7) is 1.93. The number of hydrogen-bond donors (Lipinski definition) is 1. The number of rotatable bonds is 3. The Bertz CT molecular complexity index is 463. The molecule has 92 valence electrons. The second-order valence-electron chi connectivity index (χ2n) is 4.75. The van der Waals surface area contributed by atoms with Crippen LogP contribution in [0.25, 0.3) is 0 Å². The molecule has 1 aliphatic rings. The fourth-order valence-electron chi connectivity index (χ4n) is 2.23. The van der Waals surface area contributed by atoms with Gasteiger partial charge in [0.1, 0.15) is 5.82 Å². The zero-order valence-electron chi connectivity index (χ0n) is 9.72. The fourth-order valence-corrected chi connectivity index (χ4v) is 2.54. The quantitative estimate of drug-likeness (QED) is 0.844. The maximum Gasteiger partial charge on any atom is 0.171 e. The molecule has 1 aromatic carbocycles. The molecule has 0 aliphatic heterocycles. The molecule has 2 nitrogen and oxygen atoms in total. The Hall–Kier alpha value is -0.930. The average molecular weight is 256 g/mol. The third-order valence-corrected chi connectivity index (χ3v) is 3.99. The van der Waals surface area contributed by atoms with Gasteiger partial charge in [-0.1, -0.05) is 18.0 Å². The molecule has 17 heavy (non-hydrogen) atoms. The van der Waals surface area contributed by atoms with Gasteiger partial charge in [0.15, 0.2) is 5.78 Å². The molecule has 0 aromatic heterocycles. The zero-order valence-corrected chi connectivity index (χ0v) is 10.5. The highest BCUT2D eigenvalue weighted by atomic mass is 35.5. The van der Waals surface area contributed by atoms with Gasteiger partial charge in [-0.25, -0.2) is 4.39 Å². The number of carbonyl (C=O) groups excluding carboxylic acids is 1. The topological polar surface area (TPSA) is 43.1 Å². The Balaban J connectivity index is 2.40. The minimum atomic E-state index is -0.509. The summed E-state index contributed by atoms with van der Waals surface area (Å²) in [5, 5.41) is 0.314. The van der Waals surface area contributed by atoms with Crippen LogP contribution in [0.1, 0.15) is 35.2 Å². The van der Waals surface area contributed by atoms with Gasteiger partial charge < -0.3 is 5.73 Å². The zero-order chi connectivity index (χ0) is 12.6. The van der Waals surface area contributed by atoms with Gasteiger partial charge in [0.25, 0.3) is 0 Å². The first-order valence-corrected chi connectivity index (χ1v) is 6.08. The number of ketones is 1. The summed E-state index contributed by atoms with van der Waals surface area (Å²) < 4.78 is 13.5. The molecular formula is C13H15ClFNO. The lowest BCUT2D eigenvalue weighted by molar-refractivity contribution is 0.0635. The standard InChI is InChI=1S/C13H15ClFNO/c1-8-5-10(14)9(6-11(8)15)12(17)13(7-16)3-2-4-13/h5-6H,2-4,7,16H2,1H3. The highest BCUT2D eigenvalue weighted by Crippen LogP contribution is 2.43. The summed E-state index contributed by atoms with van der Waals surface area (Å²) in [4.78, 5) is 12.3. The van der Waals surface area contributed by atoms with Gasteiger partial charge in [0.05, 0.1) is 5.02 Å². The predicted molar refractivity (Wildman–Crippen MR) is 65.8 cm³/mol. The van der Waals surface area contributed by atoms with Crippen LogP contribution in [0.5, 0.6) is 0 Å². The molecule has 0 spiro atoms. The molecule has 2 rings (SSSR count). The van der Waals surface area contributed by atoms with E-state index in [0.717, 1.165) is 19.3 Å². The summed E-state index contributed by atoms with van der Waals surface area (Å²) in [5.41, 5.74) is 5.87. The van der Waals surface area contributed by atoms with E-state index in [9.17, 15) is 9.18 Å². The van der Waals surface area contributed by atoms with Gasteiger partial charge in [0.2, 0.25) is 0 Å². The average Bonchev–Trinajstić information content (AvgIpc) is 2.22. The van der Waals surface area contributed by atoms with Crippen LogP contribution in [-0.4, -0.2) is 12.3 Å². The Morgan fingerprint density at radius 2 is 2.18 bits per heavy atom. The summed E-state index contributed by atoms with van der Waals surface area (Å²) in [6, 6.07) is 2.72. The molecule has 1 aliphatic carbocycles. The van der Waals surface area contributed by atoms with Crippen molar-refractivity contribution in [2.75, 3.05) is 6.54 Å². The highest BCUT2D eigenvalue weighted by Gasteiger charge is 2.43. The predicted octanol–water partition coefficient (Wildman–Crippen LogP) is 3.10. The van der Waals surface area contributed by atoms with Crippen LogP contribution in [-0.2, 0) is 0 Å². The lowest BCUT2D eigenvalue weighted by Crippen LogP contribution is -2.44. The Labute approximate surface area is 105 Å². The van der Waals surface area contributed by atoms with Crippen LogP contribution in [0.4, 0.5) is 4.39 Å². The van der Waals surface area contributed by atoms with E-state index in [2.05, 4.69) is 0 Å². The first kappa shape index (κ1) is 12.5. The minimum absolute atomic E-state index is 0.116. The number of carbonyl (C=O) groups is 1. The van der Waals surface area contributed by atoms with Crippen molar-refractivity contribution in [3.63, 3.8) is 0 Å². The molecule has 0 amide bonds. The second-order valence-corrected chi connectivity index (χ2v) is 5.16. The van der Waals surface area contributed by atoms with Gasteiger partial charge in [-0.2, -0.15) is 0 Å². The molecule has 0 unspecified atom stereocenters. The van der Waals surface area contributed by atoms with Crippen molar-refractivity contribution in [2.24, 2.45) is 11.1 Å². The van der Waals surface area contributed by atoms with E-state index >= 15 is 0 Å². The number of nitrogens with two attached hydrogens (primary N) is 1. The van der Waals surface area contributed by atoms with Crippen LogP contribution >= 0.6 is 11.6 Å². The highest BCUT2D eigenvalue weighted by molar-refractivity contribution is 6.34. The molecule has 2 N–H and O–H groups in total. The Morgan fingerprint density at radius 1 is 1.53 bits per heavy atom. The molecule has 0 radical (unpaired) electrons. The van der Waals surface area contributed by atoms with Crippen LogP contribution < -0.4 is 5.73 Å². The molecule has 1 fully saturated rings. The van der Waals surface area contributed by atoms with E-state index in [4.69, 9.17) is 17.3 Å². The molecular weight excluding hydrogens is 241 g/mol. The van der Waals surface area contributed by atoms with Crippen LogP contribution in [0.3, 0.4) is 0 Å². The molecule has 4 heteroatoms. The van der Waals surface area contributed by atoms with Crippen molar-refractivity contribution in [1.82, 2.24) is 0 Å². The first-order chi connectivity index (χ1) is 8.00. The Kier molecular flexibility index (Phi) is 3.23. The van der Waals surface area contributed by atoms with Gasteiger partial charge >= 0.3 is 0 Å². The Morgan fingerprint density at radius 3 is 2.65 bits per heavy atom. The number of halogens is 2. The molecule has 0 saturated heterocycles. The maximum atomic E-state index is 13.5. The normalized spacial score (nSPS) is 17.6. The largest absolute Gasteiger partial charge is 0.329 e. The molecule has 0 bridgehead atoms. The van der Waals surface area contributed by atoms with Crippen molar-refractivity contribution in [3.8, 4) is 0 Å². The van der Waals surface area contributed by atoms with Gasteiger partial charge in [-0.3, -0.25) is 4.79 Å². The van der Waals surface area contributed by atoms with Crippen LogP contribution in [0.2, 0.25) is 5.02 Å². The van der Waals surface area contributed by atoms with Crippen molar-refractivity contribution in [3.05, 3.63) is 34.1 Å². The molecule has 0 atom stereocenters. The van der Waals surface area contributed by atoms with Gasteiger partial charge in [-0.15, -0.1) is 0 Å². The number of hydrogen-bond acceptors (Lipinski definition) is 2. The van der Waals surface area contributed by atoms with E-state index in [0.29, 0.717) is 17.1 Å². The number of aryl methyl sites for hydroxylation is 1. The van der Waals surface area contributed by atoms with Gasteiger partial charge in [0, 0.05) is 17.5 Å². The molecule has 0 heterocycles. The van der Waals surface area contributed by atoms with Crippen LogP contribution in [0.15, 0.2) is 12.1 Å². The summed E-state index contributed by atoms with van der Waals surface area (Å²) >= 11 is 6.01. The third-order valence-electron chi connectivity index (χ3n) is 3.68. The smallest absolute Gasteiger partial charge is 0.171 e. The maximum absolute atomic E-state index is 13.5. The molecule has 1 saturated carbocycles. The van der Waals surface area contributed by atoms with Crippen molar-refractivity contribution < 1.29 is 9.18 Å². The third kappa shape index (κ3) is 1.98. The SMILES string of the molecule is Cc1cc(Cl)c(C(=O)C2(CN)CCC2)cc1F. The van der Waals surface area contributed by atoms with Crippen LogP contribution in [0, 0.1) is 18.2 Å². The number of Topliss-reactive ketones (excluding diaryl/α,β-unsaturated/α-hetero) is 1. The van der Waals surface area contributed by atoms with E-state index in [1.54, 1.807) is 6.92 Å². The van der Waals surface area contributed by atoms with E-state index < -0.39 is 11.2 Å².